The Morgan fingerprint density at radius 3 is 2.54 bits per heavy atom. The summed E-state index contributed by atoms with van der Waals surface area (Å²) >= 11 is 0. The van der Waals surface area contributed by atoms with E-state index < -0.39 is 5.91 Å². The van der Waals surface area contributed by atoms with Gasteiger partial charge in [-0.1, -0.05) is 31.2 Å². The highest BCUT2D eigenvalue weighted by Crippen LogP contribution is 2.34. The van der Waals surface area contributed by atoms with Crippen molar-refractivity contribution in [1.29, 1.82) is 0 Å². The number of nitrogens with zero attached hydrogens (tertiary/aromatic N) is 5. The van der Waals surface area contributed by atoms with E-state index in [1.54, 1.807) is 31.4 Å². The van der Waals surface area contributed by atoms with Crippen LogP contribution in [0.15, 0.2) is 72.9 Å². The summed E-state index contributed by atoms with van der Waals surface area (Å²) < 4.78 is 13.5. The topological polar surface area (TPSA) is 140 Å². The number of carbonyl (C=O) groups is 2. The van der Waals surface area contributed by atoms with E-state index in [0.29, 0.717) is 43.5 Å². The number of anilines is 1. The molecule has 0 spiro atoms. The van der Waals surface area contributed by atoms with Crippen LogP contribution in [0.4, 0.5) is 5.69 Å². The lowest BCUT2D eigenvalue weighted by atomic mass is 9.99. The number of aromatic nitrogens is 3. The first-order valence-electron chi connectivity index (χ1n) is 19.9. The van der Waals surface area contributed by atoms with Gasteiger partial charge in [-0.2, -0.15) is 5.10 Å². The molecule has 2 aliphatic heterocycles. The molecule has 0 bridgehead atoms. The predicted molar refractivity (Wildman–Crippen MR) is 220 cm³/mol. The van der Waals surface area contributed by atoms with Gasteiger partial charge in [0.1, 0.15) is 5.75 Å². The number of ether oxygens (including phenoxy) is 2. The van der Waals surface area contributed by atoms with Crippen LogP contribution in [0.5, 0.6) is 5.75 Å². The fourth-order valence-corrected chi connectivity index (χ4v) is 7.98. The first-order chi connectivity index (χ1) is 27.2. The van der Waals surface area contributed by atoms with Gasteiger partial charge in [0.25, 0.3) is 5.91 Å². The van der Waals surface area contributed by atoms with E-state index in [2.05, 4.69) is 71.7 Å². The van der Waals surface area contributed by atoms with E-state index in [0.717, 1.165) is 83.7 Å². The summed E-state index contributed by atoms with van der Waals surface area (Å²) in [6, 6.07) is 22.2. The number of methoxy groups -OCH3 is 1. The van der Waals surface area contributed by atoms with E-state index in [4.69, 9.17) is 20.2 Å². The number of hydrogen-bond donors (Lipinski definition) is 3. The Hall–Kier alpha value is -5.30. The first kappa shape index (κ1) is 39.0. The highest BCUT2D eigenvalue weighted by molar-refractivity contribution is 5.99. The van der Waals surface area contributed by atoms with Crippen LogP contribution in [0.25, 0.3) is 22.2 Å². The Morgan fingerprint density at radius 1 is 1.00 bits per heavy atom. The predicted octanol–water partition coefficient (Wildman–Crippen LogP) is 6.02. The quantitative estimate of drug-likeness (QED) is 0.124. The molecular formula is C44H54N8O4. The largest absolute Gasteiger partial charge is 0.497 e. The van der Waals surface area contributed by atoms with Gasteiger partial charge in [-0.3, -0.25) is 14.5 Å². The van der Waals surface area contributed by atoms with Crippen molar-refractivity contribution < 1.29 is 19.1 Å². The second kappa shape index (κ2) is 17.7. The van der Waals surface area contributed by atoms with Gasteiger partial charge in [0, 0.05) is 87.0 Å². The maximum absolute atomic E-state index is 14.8. The molecule has 3 aromatic carbocycles. The Kier molecular flexibility index (Phi) is 12.3. The van der Waals surface area contributed by atoms with Crippen LogP contribution >= 0.6 is 0 Å². The molecule has 1 atom stereocenters. The molecule has 56 heavy (non-hydrogen) atoms. The van der Waals surface area contributed by atoms with Crippen LogP contribution in [0, 0.1) is 0 Å². The summed E-state index contributed by atoms with van der Waals surface area (Å²) in [4.78, 5) is 36.5. The van der Waals surface area contributed by atoms with Gasteiger partial charge in [0.15, 0.2) is 5.65 Å². The summed E-state index contributed by atoms with van der Waals surface area (Å²) in [6.07, 6.45) is 4.28. The van der Waals surface area contributed by atoms with Crippen LogP contribution in [-0.4, -0.2) is 88.4 Å². The van der Waals surface area contributed by atoms with Gasteiger partial charge in [0.05, 0.1) is 30.9 Å². The molecule has 0 aliphatic carbocycles. The minimum Gasteiger partial charge on any atom is -0.497 e. The van der Waals surface area contributed by atoms with Gasteiger partial charge in [-0.05, 0) is 97.8 Å². The SMILES string of the molecule is CCc1nc2c(cnn2CC)c(NC2CCOCC2)c1CN(Cc1cc(OC)cc(-c2cccc(CN3CCN[C@@H](C)C3)c2)c1)C(=O)c1cccc(C(N)=O)c1. The number of hydrogen-bond acceptors (Lipinski definition) is 9. The fraction of sp³-hybridized carbons (Fsp3) is 0.409. The molecule has 0 radical (unpaired) electrons. The van der Waals surface area contributed by atoms with Crippen molar-refractivity contribution in [3.05, 3.63) is 106 Å². The number of nitrogens with one attached hydrogen (secondary N) is 2. The zero-order chi connectivity index (χ0) is 39.2. The second-order valence-electron chi connectivity index (χ2n) is 15.0. The molecule has 12 nitrogen and oxygen atoms in total. The summed E-state index contributed by atoms with van der Waals surface area (Å²) in [5.74, 6) is -0.114. The number of nitrogens with two attached hydrogens (primary N) is 1. The monoisotopic (exact) mass is 758 g/mol. The lowest BCUT2D eigenvalue weighted by molar-refractivity contribution is 0.0729. The van der Waals surface area contributed by atoms with Gasteiger partial charge in [-0.25, -0.2) is 9.67 Å². The molecular weight excluding hydrogens is 705 g/mol. The molecule has 0 unspecified atom stereocenters. The van der Waals surface area contributed by atoms with Crippen molar-refractivity contribution >= 4 is 28.5 Å². The number of carbonyl (C=O) groups excluding carboxylic acids is 2. The van der Waals surface area contributed by atoms with E-state index in [9.17, 15) is 9.59 Å². The van der Waals surface area contributed by atoms with E-state index in [-0.39, 0.29) is 30.6 Å². The summed E-state index contributed by atoms with van der Waals surface area (Å²) in [5, 5.41) is 13.0. The van der Waals surface area contributed by atoms with Crippen molar-refractivity contribution in [1.82, 2.24) is 29.9 Å². The average molecular weight is 759 g/mol. The van der Waals surface area contributed by atoms with Crippen molar-refractivity contribution in [2.24, 2.45) is 5.73 Å². The number of aryl methyl sites for hydroxylation is 2. The number of rotatable bonds is 14. The van der Waals surface area contributed by atoms with Crippen molar-refractivity contribution in [2.45, 2.75) is 78.3 Å². The molecule has 12 heteroatoms. The summed E-state index contributed by atoms with van der Waals surface area (Å²) in [5.41, 5.74) is 14.2. The molecule has 2 fully saturated rings. The standard InChI is InChI=1S/C44H54N8O4/c1-5-40-39(41(48-36-13-17-56-18-14-36)38-24-47-52(6-2)43(38)49-40)28-51(44(54)34-12-8-11-33(22-34)42(45)53)27-31-20-35(23-37(21-31)55-4)32-10-7-9-30(19-32)26-50-16-15-46-29(3)25-50/h7-12,19-24,29,36,46H,5-6,13-18,25-28H2,1-4H3,(H2,45,53)(H,48,49)/t29-/m0/s1. The first-order valence-corrected chi connectivity index (χ1v) is 19.9. The van der Waals surface area contributed by atoms with E-state index in [1.807, 2.05) is 27.9 Å². The zero-order valence-corrected chi connectivity index (χ0v) is 33.0. The molecule has 2 aliphatic rings. The van der Waals surface area contributed by atoms with Crippen LogP contribution in [0.2, 0.25) is 0 Å². The minimum atomic E-state index is -0.587. The maximum atomic E-state index is 14.8. The van der Waals surface area contributed by atoms with Gasteiger partial charge < -0.3 is 30.7 Å². The van der Waals surface area contributed by atoms with Gasteiger partial charge in [-0.15, -0.1) is 0 Å². The number of benzene rings is 3. The molecule has 2 aromatic heterocycles. The van der Waals surface area contributed by atoms with Gasteiger partial charge in [0.2, 0.25) is 5.91 Å². The molecule has 4 N–H and O–H groups in total. The lowest BCUT2D eigenvalue weighted by Gasteiger charge is -2.31. The molecule has 5 aromatic rings. The number of amides is 2. The Labute approximate surface area is 329 Å². The number of pyridine rings is 1. The third-order valence-corrected chi connectivity index (χ3v) is 10.9. The number of fused-ring (bicyclic) bond motifs is 1. The molecule has 2 saturated heterocycles. The highest BCUT2D eigenvalue weighted by atomic mass is 16.5. The maximum Gasteiger partial charge on any atom is 0.254 e. The molecule has 7 rings (SSSR count). The highest BCUT2D eigenvalue weighted by Gasteiger charge is 2.26. The van der Waals surface area contributed by atoms with Crippen molar-refractivity contribution in [2.75, 3.05) is 45.3 Å². The van der Waals surface area contributed by atoms with Crippen LogP contribution < -0.4 is 21.1 Å². The molecule has 2 amide bonds. The zero-order valence-electron chi connectivity index (χ0n) is 33.0. The summed E-state index contributed by atoms with van der Waals surface area (Å²) in [6.45, 7) is 12.9. The third-order valence-electron chi connectivity index (χ3n) is 10.9. The third kappa shape index (κ3) is 8.88. The van der Waals surface area contributed by atoms with E-state index >= 15 is 0 Å². The lowest BCUT2D eigenvalue weighted by Crippen LogP contribution is -2.48. The second-order valence-corrected chi connectivity index (χ2v) is 15.0. The van der Waals surface area contributed by atoms with Crippen LogP contribution in [-0.2, 0) is 37.3 Å². The Morgan fingerprint density at radius 2 is 1.79 bits per heavy atom. The Balaban J connectivity index is 1.29. The molecule has 294 valence electrons. The number of primary amides is 1. The average Bonchev–Trinajstić information content (AvgIpc) is 3.64. The molecule has 4 heterocycles. The normalized spacial score (nSPS) is 16.5. The van der Waals surface area contributed by atoms with Crippen molar-refractivity contribution in [3.8, 4) is 16.9 Å². The molecule has 0 saturated carbocycles. The van der Waals surface area contributed by atoms with E-state index in [1.165, 1.54) is 5.56 Å². The number of piperazine rings is 1. The van der Waals surface area contributed by atoms with Crippen LogP contribution in [0.1, 0.15) is 76.7 Å². The summed E-state index contributed by atoms with van der Waals surface area (Å²) in [7, 11) is 1.67. The Bertz CT molecular complexity index is 2180. The van der Waals surface area contributed by atoms with Gasteiger partial charge >= 0.3 is 0 Å². The smallest absolute Gasteiger partial charge is 0.254 e. The van der Waals surface area contributed by atoms with Crippen LogP contribution in [0.3, 0.4) is 0 Å². The van der Waals surface area contributed by atoms with Crippen molar-refractivity contribution in [3.63, 3.8) is 0 Å². The minimum absolute atomic E-state index is 0.200. The fourth-order valence-electron chi connectivity index (χ4n) is 7.98.